The summed E-state index contributed by atoms with van der Waals surface area (Å²) in [6.45, 7) is 7.30. The van der Waals surface area contributed by atoms with Crippen LogP contribution < -0.4 is 5.73 Å². The standard InChI is InChI=1S/C13H26N2O/c1-10(2)8-9-15(12-5-6-12)13(16)7-4-11(3)14/h10-12H,4-9,14H2,1-3H3. The van der Waals surface area contributed by atoms with Crippen LogP contribution in [0.15, 0.2) is 0 Å². The summed E-state index contributed by atoms with van der Waals surface area (Å²) < 4.78 is 0. The Kier molecular flexibility index (Phi) is 5.26. The Morgan fingerprint density at radius 3 is 2.38 bits per heavy atom. The second kappa shape index (κ2) is 6.24. The molecule has 1 rings (SSSR count). The molecule has 1 saturated carbocycles. The van der Waals surface area contributed by atoms with E-state index in [2.05, 4.69) is 18.7 Å². The molecular weight excluding hydrogens is 200 g/mol. The van der Waals surface area contributed by atoms with Crippen LogP contribution in [0.1, 0.15) is 52.9 Å². The number of nitrogens with two attached hydrogens (primary N) is 1. The summed E-state index contributed by atoms with van der Waals surface area (Å²) in [5.74, 6) is 0.975. The Morgan fingerprint density at radius 2 is 1.94 bits per heavy atom. The van der Waals surface area contributed by atoms with E-state index in [1.165, 1.54) is 12.8 Å². The Bertz CT molecular complexity index is 222. The van der Waals surface area contributed by atoms with E-state index in [4.69, 9.17) is 5.73 Å². The quantitative estimate of drug-likeness (QED) is 0.723. The maximum Gasteiger partial charge on any atom is 0.222 e. The van der Waals surface area contributed by atoms with Gasteiger partial charge in [-0.3, -0.25) is 4.79 Å². The van der Waals surface area contributed by atoms with Crippen molar-refractivity contribution in [2.75, 3.05) is 6.54 Å². The van der Waals surface area contributed by atoms with E-state index in [0.717, 1.165) is 19.4 Å². The molecule has 0 radical (unpaired) electrons. The number of carbonyl (C=O) groups is 1. The fourth-order valence-electron chi connectivity index (χ4n) is 1.79. The highest BCUT2D eigenvalue weighted by atomic mass is 16.2. The van der Waals surface area contributed by atoms with Gasteiger partial charge in [-0.1, -0.05) is 13.8 Å². The van der Waals surface area contributed by atoms with E-state index < -0.39 is 0 Å². The first-order valence-electron chi connectivity index (χ1n) is 6.55. The average molecular weight is 226 g/mol. The molecule has 1 amide bonds. The maximum atomic E-state index is 12.0. The Balaban J connectivity index is 2.33. The summed E-state index contributed by atoms with van der Waals surface area (Å²) in [6.07, 6.45) is 4.93. The van der Waals surface area contributed by atoms with Gasteiger partial charge in [0.1, 0.15) is 0 Å². The van der Waals surface area contributed by atoms with E-state index in [1.54, 1.807) is 0 Å². The lowest BCUT2D eigenvalue weighted by Crippen LogP contribution is -2.35. The number of hydrogen-bond donors (Lipinski definition) is 1. The third-order valence-electron chi connectivity index (χ3n) is 3.07. The molecule has 94 valence electrons. The zero-order valence-electron chi connectivity index (χ0n) is 10.9. The highest BCUT2D eigenvalue weighted by molar-refractivity contribution is 5.76. The van der Waals surface area contributed by atoms with Crippen molar-refractivity contribution in [3.63, 3.8) is 0 Å². The minimum absolute atomic E-state index is 0.134. The van der Waals surface area contributed by atoms with Gasteiger partial charge in [-0.25, -0.2) is 0 Å². The molecule has 1 aliphatic carbocycles. The van der Waals surface area contributed by atoms with Crippen LogP contribution in [0.5, 0.6) is 0 Å². The Morgan fingerprint density at radius 1 is 1.31 bits per heavy atom. The number of carbonyl (C=O) groups excluding carboxylic acids is 1. The third-order valence-corrected chi connectivity index (χ3v) is 3.07. The van der Waals surface area contributed by atoms with E-state index in [9.17, 15) is 4.79 Å². The van der Waals surface area contributed by atoms with Gasteiger partial charge in [0.15, 0.2) is 0 Å². The molecule has 0 aromatic rings. The lowest BCUT2D eigenvalue weighted by molar-refractivity contribution is -0.132. The summed E-state index contributed by atoms with van der Waals surface area (Å²) in [5.41, 5.74) is 5.68. The van der Waals surface area contributed by atoms with Crippen molar-refractivity contribution in [3.8, 4) is 0 Å². The first-order chi connectivity index (χ1) is 7.50. The lowest BCUT2D eigenvalue weighted by atomic mass is 10.1. The zero-order valence-corrected chi connectivity index (χ0v) is 10.9. The van der Waals surface area contributed by atoms with Gasteiger partial charge in [-0.05, 0) is 38.5 Å². The number of amides is 1. The van der Waals surface area contributed by atoms with E-state index in [1.807, 2.05) is 6.92 Å². The molecule has 0 spiro atoms. The van der Waals surface area contributed by atoms with Crippen LogP contribution in [-0.2, 0) is 4.79 Å². The molecule has 16 heavy (non-hydrogen) atoms. The van der Waals surface area contributed by atoms with Crippen molar-refractivity contribution in [3.05, 3.63) is 0 Å². The maximum absolute atomic E-state index is 12.0. The van der Waals surface area contributed by atoms with Crippen molar-refractivity contribution in [1.29, 1.82) is 0 Å². The van der Waals surface area contributed by atoms with Crippen LogP contribution in [0.2, 0.25) is 0 Å². The van der Waals surface area contributed by atoms with Crippen LogP contribution in [-0.4, -0.2) is 29.4 Å². The van der Waals surface area contributed by atoms with Gasteiger partial charge in [0, 0.05) is 25.0 Å². The van der Waals surface area contributed by atoms with E-state index >= 15 is 0 Å². The van der Waals surface area contributed by atoms with Crippen molar-refractivity contribution in [2.24, 2.45) is 11.7 Å². The summed E-state index contributed by atoms with van der Waals surface area (Å²) in [5, 5.41) is 0. The van der Waals surface area contributed by atoms with Crippen molar-refractivity contribution < 1.29 is 4.79 Å². The topological polar surface area (TPSA) is 46.3 Å². The molecule has 1 aliphatic rings. The Hall–Kier alpha value is -0.570. The second-order valence-corrected chi connectivity index (χ2v) is 5.52. The van der Waals surface area contributed by atoms with Gasteiger partial charge in [0.05, 0.1) is 0 Å². The molecule has 0 aliphatic heterocycles. The predicted molar refractivity (Wildman–Crippen MR) is 67.1 cm³/mol. The molecule has 2 N–H and O–H groups in total. The van der Waals surface area contributed by atoms with Crippen LogP contribution in [0, 0.1) is 5.92 Å². The summed E-state index contributed by atoms with van der Waals surface area (Å²) in [7, 11) is 0. The monoisotopic (exact) mass is 226 g/mol. The molecule has 1 fully saturated rings. The fraction of sp³-hybridized carbons (Fsp3) is 0.923. The molecule has 0 heterocycles. The molecule has 0 aromatic carbocycles. The molecule has 0 bridgehead atoms. The van der Waals surface area contributed by atoms with Gasteiger partial charge in [-0.15, -0.1) is 0 Å². The molecule has 0 saturated heterocycles. The van der Waals surface area contributed by atoms with E-state index in [-0.39, 0.29) is 6.04 Å². The highest BCUT2D eigenvalue weighted by Crippen LogP contribution is 2.28. The first-order valence-corrected chi connectivity index (χ1v) is 6.55. The average Bonchev–Trinajstić information content (AvgIpc) is 2.98. The van der Waals surface area contributed by atoms with Crippen molar-refractivity contribution in [2.45, 2.75) is 65.0 Å². The zero-order chi connectivity index (χ0) is 12.1. The van der Waals surface area contributed by atoms with Crippen molar-refractivity contribution in [1.82, 2.24) is 4.90 Å². The van der Waals surface area contributed by atoms with Gasteiger partial charge >= 0.3 is 0 Å². The van der Waals surface area contributed by atoms with Gasteiger partial charge in [0.2, 0.25) is 5.91 Å². The highest BCUT2D eigenvalue weighted by Gasteiger charge is 2.31. The number of rotatable bonds is 7. The largest absolute Gasteiger partial charge is 0.340 e. The lowest BCUT2D eigenvalue weighted by Gasteiger charge is -2.23. The third kappa shape index (κ3) is 4.97. The normalized spacial score (nSPS) is 17.6. The molecular formula is C13H26N2O. The first kappa shape index (κ1) is 13.5. The minimum atomic E-state index is 0.134. The van der Waals surface area contributed by atoms with E-state index in [0.29, 0.717) is 24.3 Å². The van der Waals surface area contributed by atoms with Gasteiger partial charge in [-0.2, -0.15) is 0 Å². The predicted octanol–water partition coefficient (Wildman–Crippen LogP) is 2.15. The van der Waals surface area contributed by atoms with Crippen LogP contribution in [0.25, 0.3) is 0 Å². The summed E-state index contributed by atoms with van der Waals surface area (Å²) in [6, 6.07) is 0.675. The SMILES string of the molecule is CC(C)CCN(C(=O)CCC(C)N)C1CC1. The smallest absolute Gasteiger partial charge is 0.222 e. The fourth-order valence-corrected chi connectivity index (χ4v) is 1.79. The minimum Gasteiger partial charge on any atom is -0.340 e. The Labute approximate surface area is 99.4 Å². The summed E-state index contributed by atoms with van der Waals surface area (Å²) >= 11 is 0. The van der Waals surface area contributed by atoms with Gasteiger partial charge < -0.3 is 10.6 Å². The van der Waals surface area contributed by atoms with Crippen LogP contribution >= 0.6 is 0 Å². The molecule has 3 heteroatoms. The molecule has 1 atom stereocenters. The van der Waals surface area contributed by atoms with Gasteiger partial charge in [0.25, 0.3) is 0 Å². The molecule has 0 aromatic heterocycles. The number of nitrogens with zero attached hydrogens (tertiary/aromatic N) is 1. The second-order valence-electron chi connectivity index (χ2n) is 5.52. The molecule has 3 nitrogen and oxygen atoms in total. The van der Waals surface area contributed by atoms with Crippen molar-refractivity contribution >= 4 is 5.91 Å². The number of hydrogen-bond acceptors (Lipinski definition) is 2. The van der Waals surface area contributed by atoms with Crippen LogP contribution in [0.4, 0.5) is 0 Å². The van der Waals surface area contributed by atoms with Crippen LogP contribution in [0.3, 0.4) is 0 Å². The molecule has 1 unspecified atom stereocenters. The summed E-state index contributed by atoms with van der Waals surface area (Å²) in [4.78, 5) is 14.1.